The van der Waals surface area contributed by atoms with E-state index in [1.807, 2.05) is 25.4 Å². The summed E-state index contributed by atoms with van der Waals surface area (Å²) in [5.74, 6) is 1.09. The molecule has 0 aliphatic rings. The number of aromatic nitrogens is 6. The summed E-state index contributed by atoms with van der Waals surface area (Å²) in [6, 6.07) is 5.45. The van der Waals surface area contributed by atoms with Crippen molar-refractivity contribution >= 4 is 5.69 Å². The molecule has 3 aromatic rings. The molecule has 1 aromatic carbocycles. The number of nitrogens with zero attached hydrogens (tertiary/aromatic N) is 6. The van der Waals surface area contributed by atoms with Crippen molar-refractivity contribution in [2.75, 3.05) is 12.8 Å². The number of rotatable bonds is 3. The number of hydrogen-bond acceptors (Lipinski definition) is 6. The predicted octanol–water partition coefficient (Wildman–Crippen LogP) is 0.654. The van der Waals surface area contributed by atoms with Crippen LogP contribution < -0.4 is 10.5 Å². The molecular weight excluding hydrogens is 258 g/mol. The molecule has 20 heavy (non-hydrogen) atoms. The maximum atomic E-state index is 5.91. The van der Waals surface area contributed by atoms with Crippen molar-refractivity contribution in [1.82, 2.24) is 30.0 Å². The second kappa shape index (κ2) is 4.65. The maximum Gasteiger partial charge on any atom is 0.191 e. The van der Waals surface area contributed by atoms with Gasteiger partial charge in [0.25, 0.3) is 0 Å². The van der Waals surface area contributed by atoms with Gasteiger partial charge in [-0.15, -0.1) is 5.10 Å². The van der Waals surface area contributed by atoms with Crippen LogP contribution in [0, 0.1) is 0 Å². The normalized spacial score (nSPS) is 10.7. The monoisotopic (exact) mass is 271 g/mol. The molecule has 2 aromatic heterocycles. The number of hydrogen-bond donors (Lipinski definition) is 1. The number of tetrazole rings is 1. The van der Waals surface area contributed by atoms with Crippen LogP contribution in [0.15, 0.2) is 30.6 Å². The summed E-state index contributed by atoms with van der Waals surface area (Å²) in [6.07, 6.45) is 3.50. The van der Waals surface area contributed by atoms with Gasteiger partial charge in [-0.25, -0.2) is 0 Å². The van der Waals surface area contributed by atoms with Crippen LogP contribution in [-0.2, 0) is 7.05 Å². The molecule has 2 N–H and O–H groups in total. The second-order valence-corrected chi connectivity index (χ2v) is 4.21. The molecule has 0 fully saturated rings. The number of aryl methyl sites for hydroxylation is 1. The average Bonchev–Trinajstić information content (AvgIpc) is 3.06. The van der Waals surface area contributed by atoms with Gasteiger partial charge in [-0.3, -0.25) is 4.68 Å². The van der Waals surface area contributed by atoms with Crippen molar-refractivity contribution in [1.29, 1.82) is 0 Å². The van der Waals surface area contributed by atoms with Crippen LogP contribution in [0.2, 0.25) is 0 Å². The molecule has 0 spiro atoms. The zero-order valence-corrected chi connectivity index (χ0v) is 11.1. The number of methoxy groups -OCH3 is 1. The van der Waals surface area contributed by atoms with Crippen molar-refractivity contribution in [3.05, 3.63) is 30.6 Å². The van der Waals surface area contributed by atoms with Crippen LogP contribution in [0.4, 0.5) is 5.69 Å². The van der Waals surface area contributed by atoms with Crippen LogP contribution in [-0.4, -0.2) is 37.1 Å². The number of benzene rings is 1. The smallest absolute Gasteiger partial charge is 0.191 e. The van der Waals surface area contributed by atoms with Gasteiger partial charge in [-0.05, 0) is 22.6 Å². The van der Waals surface area contributed by atoms with Gasteiger partial charge in [0.15, 0.2) is 11.6 Å². The quantitative estimate of drug-likeness (QED) is 0.703. The standard InChI is InChI=1S/C12H13N7O/c1-18-7-8(6-14-18)19-12(15-16-17-19)9-4-3-5-10(13)11(9)20-2/h3-7H,13H2,1-2H3. The van der Waals surface area contributed by atoms with E-state index in [1.54, 1.807) is 28.7 Å². The van der Waals surface area contributed by atoms with E-state index in [4.69, 9.17) is 10.5 Å². The Morgan fingerprint density at radius 1 is 1.30 bits per heavy atom. The van der Waals surface area contributed by atoms with Crippen LogP contribution in [0.1, 0.15) is 0 Å². The van der Waals surface area contributed by atoms with Crippen molar-refractivity contribution in [2.45, 2.75) is 0 Å². The minimum Gasteiger partial charge on any atom is -0.494 e. The highest BCUT2D eigenvalue weighted by atomic mass is 16.5. The lowest BCUT2D eigenvalue weighted by atomic mass is 10.1. The van der Waals surface area contributed by atoms with Crippen LogP contribution in [0.5, 0.6) is 5.75 Å². The number of nitrogen functional groups attached to an aromatic ring is 1. The first-order chi connectivity index (χ1) is 9.70. The van der Waals surface area contributed by atoms with Crippen LogP contribution in [0.3, 0.4) is 0 Å². The third-order valence-electron chi connectivity index (χ3n) is 2.90. The average molecular weight is 271 g/mol. The molecule has 0 aliphatic carbocycles. The Balaban J connectivity index is 2.17. The first-order valence-electron chi connectivity index (χ1n) is 5.91. The van der Waals surface area contributed by atoms with Gasteiger partial charge in [0.1, 0.15) is 5.69 Å². The lowest BCUT2D eigenvalue weighted by molar-refractivity contribution is 0.418. The predicted molar refractivity (Wildman–Crippen MR) is 72.3 cm³/mol. The van der Waals surface area contributed by atoms with E-state index < -0.39 is 0 Å². The van der Waals surface area contributed by atoms with Crippen molar-refractivity contribution in [3.8, 4) is 22.8 Å². The summed E-state index contributed by atoms with van der Waals surface area (Å²) in [5.41, 5.74) is 7.93. The van der Waals surface area contributed by atoms with E-state index in [0.717, 1.165) is 11.3 Å². The van der Waals surface area contributed by atoms with Gasteiger partial charge in [-0.2, -0.15) is 9.78 Å². The fraction of sp³-hybridized carbons (Fsp3) is 0.167. The Kier molecular flexibility index (Phi) is 2.82. The molecule has 0 radical (unpaired) electrons. The molecule has 0 amide bonds. The molecule has 0 unspecified atom stereocenters. The van der Waals surface area contributed by atoms with E-state index in [-0.39, 0.29) is 0 Å². The Hall–Kier alpha value is -2.90. The van der Waals surface area contributed by atoms with Crippen LogP contribution >= 0.6 is 0 Å². The third-order valence-corrected chi connectivity index (χ3v) is 2.90. The summed E-state index contributed by atoms with van der Waals surface area (Å²) in [6.45, 7) is 0. The Morgan fingerprint density at radius 3 is 2.85 bits per heavy atom. The molecule has 8 heteroatoms. The molecule has 0 saturated heterocycles. The number of para-hydroxylation sites is 1. The van der Waals surface area contributed by atoms with Gasteiger partial charge >= 0.3 is 0 Å². The van der Waals surface area contributed by atoms with E-state index in [1.165, 1.54) is 0 Å². The minimum atomic E-state index is 0.533. The first kappa shape index (κ1) is 12.2. The van der Waals surface area contributed by atoms with Crippen LogP contribution in [0.25, 0.3) is 17.1 Å². The Morgan fingerprint density at radius 2 is 2.15 bits per heavy atom. The minimum absolute atomic E-state index is 0.533. The second-order valence-electron chi connectivity index (χ2n) is 4.21. The highest BCUT2D eigenvalue weighted by Gasteiger charge is 2.17. The number of nitrogens with two attached hydrogens (primary N) is 1. The van der Waals surface area contributed by atoms with Gasteiger partial charge in [-0.1, -0.05) is 6.07 Å². The van der Waals surface area contributed by atoms with E-state index >= 15 is 0 Å². The molecule has 2 heterocycles. The van der Waals surface area contributed by atoms with Gasteiger partial charge in [0.05, 0.1) is 30.8 Å². The molecule has 0 atom stereocenters. The van der Waals surface area contributed by atoms with Crippen molar-refractivity contribution < 1.29 is 4.74 Å². The van der Waals surface area contributed by atoms with Crippen molar-refractivity contribution in [3.63, 3.8) is 0 Å². The summed E-state index contributed by atoms with van der Waals surface area (Å²) in [7, 11) is 3.39. The van der Waals surface area contributed by atoms with Gasteiger partial charge in [0.2, 0.25) is 0 Å². The lowest BCUT2D eigenvalue weighted by Gasteiger charge is -2.09. The fourth-order valence-electron chi connectivity index (χ4n) is 2.01. The molecule has 0 saturated carbocycles. The van der Waals surface area contributed by atoms with E-state index in [0.29, 0.717) is 17.3 Å². The Bertz CT molecular complexity index is 746. The highest BCUT2D eigenvalue weighted by molar-refractivity contribution is 5.73. The van der Waals surface area contributed by atoms with Gasteiger partial charge in [0, 0.05) is 7.05 Å². The zero-order valence-electron chi connectivity index (χ0n) is 11.1. The number of ether oxygens (including phenoxy) is 1. The number of anilines is 1. The van der Waals surface area contributed by atoms with Crippen molar-refractivity contribution in [2.24, 2.45) is 7.05 Å². The van der Waals surface area contributed by atoms with E-state index in [9.17, 15) is 0 Å². The zero-order chi connectivity index (χ0) is 14.1. The molecule has 8 nitrogen and oxygen atoms in total. The highest BCUT2D eigenvalue weighted by Crippen LogP contribution is 2.33. The molecule has 3 rings (SSSR count). The fourth-order valence-corrected chi connectivity index (χ4v) is 2.01. The van der Waals surface area contributed by atoms with Gasteiger partial charge < -0.3 is 10.5 Å². The maximum absolute atomic E-state index is 5.91. The third kappa shape index (κ3) is 1.87. The van der Waals surface area contributed by atoms with E-state index in [2.05, 4.69) is 20.6 Å². The summed E-state index contributed by atoms with van der Waals surface area (Å²) >= 11 is 0. The molecule has 0 bridgehead atoms. The summed E-state index contributed by atoms with van der Waals surface area (Å²) in [4.78, 5) is 0. The largest absolute Gasteiger partial charge is 0.494 e. The first-order valence-corrected chi connectivity index (χ1v) is 5.91. The Labute approximate surface area is 114 Å². The molecular formula is C12H13N7O. The lowest BCUT2D eigenvalue weighted by Crippen LogP contribution is -2.01. The summed E-state index contributed by atoms with van der Waals surface area (Å²) in [5, 5.41) is 15.9. The topological polar surface area (TPSA) is 96.7 Å². The summed E-state index contributed by atoms with van der Waals surface area (Å²) < 4.78 is 8.61. The molecule has 0 aliphatic heterocycles. The SMILES string of the molecule is COc1c(N)cccc1-c1nnnn1-c1cnn(C)c1. The molecule has 102 valence electrons.